The minimum Gasteiger partial charge on any atom is -0.462 e. The van der Waals surface area contributed by atoms with Crippen LogP contribution in [0.4, 0.5) is 0 Å². The predicted octanol–water partition coefficient (Wildman–Crippen LogP) is 10.1. The third kappa shape index (κ3) is 7.78. The second-order valence-corrected chi connectivity index (χ2v) is 15.9. The van der Waals surface area contributed by atoms with Gasteiger partial charge in [-0.3, -0.25) is 9.59 Å². The van der Waals surface area contributed by atoms with Crippen LogP contribution >= 0.6 is 47.0 Å². The molecule has 0 spiro atoms. The minimum atomic E-state index is -0.566. The molecule has 3 aliphatic heterocycles. The summed E-state index contributed by atoms with van der Waals surface area (Å²) >= 11 is 5.88. The molecule has 248 valence electrons. The highest BCUT2D eigenvalue weighted by atomic mass is 32.2. The molecule has 0 aliphatic carbocycles. The van der Waals surface area contributed by atoms with E-state index in [0.717, 1.165) is 44.4 Å². The fourth-order valence-corrected chi connectivity index (χ4v) is 10.4. The van der Waals surface area contributed by atoms with Gasteiger partial charge in [0.25, 0.3) is 0 Å². The highest BCUT2D eigenvalue weighted by molar-refractivity contribution is 8.25. The molecule has 0 atom stereocenters. The van der Waals surface area contributed by atoms with E-state index in [1.807, 2.05) is 25.1 Å². The van der Waals surface area contributed by atoms with Gasteiger partial charge >= 0.3 is 11.9 Å². The van der Waals surface area contributed by atoms with Gasteiger partial charge in [-0.25, -0.2) is 9.59 Å². The maximum Gasteiger partial charge on any atom is 0.349 e. The van der Waals surface area contributed by atoms with E-state index in [1.54, 1.807) is 55.5 Å². The summed E-state index contributed by atoms with van der Waals surface area (Å²) in [6.45, 7) is 6.19. The van der Waals surface area contributed by atoms with Crippen LogP contribution in [0.15, 0.2) is 130 Å². The van der Waals surface area contributed by atoms with Crippen LogP contribution in [0, 0.1) is 6.92 Å². The first-order chi connectivity index (χ1) is 23.8. The summed E-state index contributed by atoms with van der Waals surface area (Å²) in [7, 11) is 0. The molecule has 0 saturated heterocycles. The fraction of sp³-hybridized carbons (Fsp3) is 0.179. The molecule has 0 unspecified atom stereocenters. The fourth-order valence-electron chi connectivity index (χ4n) is 5.18. The van der Waals surface area contributed by atoms with Crippen LogP contribution in [0.25, 0.3) is 0 Å². The molecule has 0 fully saturated rings. The maximum absolute atomic E-state index is 13.0. The van der Waals surface area contributed by atoms with Crippen molar-refractivity contribution in [3.8, 4) is 5.75 Å². The molecule has 49 heavy (non-hydrogen) atoms. The largest absolute Gasteiger partial charge is 0.462 e. The Kier molecular flexibility index (Phi) is 11.2. The number of rotatable bonds is 7. The van der Waals surface area contributed by atoms with E-state index in [4.69, 9.17) is 9.47 Å². The summed E-state index contributed by atoms with van der Waals surface area (Å²) < 4.78 is 11.9. The van der Waals surface area contributed by atoms with E-state index in [-0.39, 0.29) is 29.3 Å². The summed E-state index contributed by atoms with van der Waals surface area (Å²) in [5, 5.41) is 0. The summed E-state index contributed by atoms with van der Waals surface area (Å²) in [4.78, 5) is 54.8. The molecule has 3 aliphatic rings. The van der Waals surface area contributed by atoms with E-state index in [1.165, 1.54) is 52.6 Å². The molecule has 4 aromatic carbocycles. The minimum absolute atomic E-state index is 0.129. The molecule has 4 aromatic rings. The number of ether oxygens (including phenoxy) is 2. The van der Waals surface area contributed by atoms with Crippen molar-refractivity contribution >= 4 is 70.6 Å². The highest BCUT2D eigenvalue weighted by Crippen LogP contribution is 2.54. The zero-order valence-electron chi connectivity index (χ0n) is 27.1. The van der Waals surface area contributed by atoms with Crippen molar-refractivity contribution in [3.05, 3.63) is 133 Å². The molecule has 10 heteroatoms. The molecule has 0 bridgehead atoms. The number of ketones is 2. The predicted molar refractivity (Wildman–Crippen MR) is 198 cm³/mol. The van der Waals surface area contributed by atoms with Gasteiger partial charge in [-0.05, 0) is 74.2 Å². The Morgan fingerprint density at radius 1 is 0.755 bits per heavy atom. The Hall–Kier alpha value is -3.96. The van der Waals surface area contributed by atoms with E-state index >= 15 is 0 Å². The molecule has 6 nitrogen and oxygen atoms in total. The standard InChI is InChI=1S/C22H22O3S2.C17H10O3S2/c1-3-5-9-15-12-13-17-18(14-15)27-22(26-17)19(21(24)25-4-2)20(23)16-10-7-6-8-11-16;1-9-6-7-12-13(8-9)22-17(21-12)14-15(18)10-4-2-3-5-11(10)20-16(14)19/h6-8,10-14H,3-5,9H2,1-2H3;2-8H,1H3/b22-19-;17-14-. The first-order valence-corrected chi connectivity index (χ1v) is 19.1. The molecular formula is C39H32O6S4. The van der Waals surface area contributed by atoms with Gasteiger partial charge in [0, 0.05) is 25.1 Å². The van der Waals surface area contributed by atoms with Crippen LogP contribution in [0.5, 0.6) is 5.75 Å². The van der Waals surface area contributed by atoms with Gasteiger partial charge in [0.2, 0.25) is 11.6 Å². The number of unbranched alkanes of at least 4 members (excludes halogenated alkanes) is 1. The van der Waals surface area contributed by atoms with Crippen molar-refractivity contribution in [3.63, 3.8) is 0 Å². The van der Waals surface area contributed by atoms with E-state index < -0.39 is 11.9 Å². The SMILES string of the molecule is CCCCc1ccc2c(c1)S/C(=C(\C(=O)OCC)C(=O)c1ccccc1)S2.Cc1ccc2c(c1)S/C(=C1\C(=O)Oc3ccccc3C1=O)S2. The summed E-state index contributed by atoms with van der Waals surface area (Å²) in [6.07, 6.45) is 3.35. The Labute approximate surface area is 302 Å². The van der Waals surface area contributed by atoms with E-state index in [9.17, 15) is 19.2 Å². The maximum atomic E-state index is 13.0. The second-order valence-electron chi connectivity index (χ2n) is 11.2. The van der Waals surface area contributed by atoms with E-state index in [0.29, 0.717) is 25.4 Å². The van der Waals surface area contributed by atoms with Crippen molar-refractivity contribution in [2.75, 3.05) is 6.61 Å². The first-order valence-electron chi connectivity index (χ1n) is 15.8. The number of para-hydroxylation sites is 1. The summed E-state index contributed by atoms with van der Waals surface area (Å²) in [5.41, 5.74) is 3.65. The Balaban J connectivity index is 0.000000173. The number of hydrogen-bond acceptors (Lipinski definition) is 10. The van der Waals surface area contributed by atoms with Crippen molar-refractivity contribution in [1.29, 1.82) is 0 Å². The third-order valence-corrected chi connectivity index (χ3v) is 12.7. The number of thioether (sulfide) groups is 4. The molecule has 0 aromatic heterocycles. The smallest absolute Gasteiger partial charge is 0.349 e. The lowest BCUT2D eigenvalue weighted by atomic mass is 10.0. The highest BCUT2D eigenvalue weighted by Gasteiger charge is 2.36. The lowest BCUT2D eigenvalue weighted by Gasteiger charge is -2.17. The van der Waals surface area contributed by atoms with Gasteiger partial charge in [0.1, 0.15) is 16.9 Å². The number of fused-ring (bicyclic) bond motifs is 3. The molecular weight excluding hydrogens is 693 g/mol. The molecule has 0 saturated carbocycles. The van der Waals surface area contributed by atoms with E-state index in [2.05, 4.69) is 31.2 Å². The van der Waals surface area contributed by atoms with Gasteiger partial charge in [0.15, 0.2) is 0 Å². The Morgan fingerprint density at radius 2 is 1.43 bits per heavy atom. The van der Waals surface area contributed by atoms with Crippen LogP contribution in [0.3, 0.4) is 0 Å². The van der Waals surface area contributed by atoms with Gasteiger partial charge in [-0.1, -0.05) is 115 Å². The molecule has 3 heterocycles. The average molecular weight is 725 g/mol. The number of benzene rings is 4. The summed E-state index contributed by atoms with van der Waals surface area (Å²) in [6, 6.07) is 28.2. The number of esters is 2. The number of hydrogen-bond donors (Lipinski definition) is 0. The van der Waals surface area contributed by atoms with Crippen LogP contribution < -0.4 is 4.74 Å². The lowest BCUT2D eigenvalue weighted by Crippen LogP contribution is -2.25. The zero-order chi connectivity index (χ0) is 34.5. The van der Waals surface area contributed by atoms with Crippen molar-refractivity contribution in [2.45, 2.75) is 59.6 Å². The molecule has 0 N–H and O–H groups in total. The average Bonchev–Trinajstić information content (AvgIpc) is 3.71. The zero-order valence-corrected chi connectivity index (χ0v) is 30.3. The first kappa shape index (κ1) is 34.9. The van der Waals surface area contributed by atoms with Crippen LogP contribution in [0.2, 0.25) is 0 Å². The van der Waals surface area contributed by atoms with Gasteiger partial charge in [0.05, 0.1) is 20.6 Å². The van der Waals surface area contributed by atoms with Gasteiger partial charge in [-0.2, -0.15) is 0 Å². The molecule has 0 amide bonds. The number of Topliss-reactive ketones (excluding diaryl/α,β-unsaturated/α-hetero) is 2. The van der Waals surface area contributed by atoms with Crippen LogP contribution in [-0.4, -0.2) is 30.1 Å². The summed E-state index contributed by atoms with van der Waals surface area (Å²) in [5.74, 6) is -1.33. The number of carbonyl (C=O) groups excluding carboxylic acids is 4. The monoisotopic (exact) mass is 724 g/mol. The van der Waals surface area contributed by atoms with Crippen LogP contribution in [-0.2, 0) is 20.7 Å². The lowest BCUT2D eigenvalue weighted by molar-refractivity contribution is -0.138. The second kappa shape index (κ2) is 15.7. The molecule has 0 radical (unpaired) electrons. The number of carbonyl (C=O) groups is 4. The topological polar surface area (TPSA) is 86.7 Å². The van der Waals surface area contributed by atoms with Gasteiger partial charge < -0.3 is 9.47 Å². The Morgan fingerprint density at radius 3 is 2.20 bits per heavy atom. The quantitative estimate of drug-likeness (QED) is 0.0458. The van der Waals surface area contributed by atoms with Crippen LogP contribution in [0.1, 0.15) is 58.5 Å². The van der Waals surface area contributed by atoms with Crippen molar-refractivity contribution < 1.29 is 28.7 Å². The normalized spacial score (nSPS) is 16.9. The third-order valence-electron chi connectivity index (χ3n) is 7.65. The Bertz CT molecular complexity index is 2030. The van der Waals surface area contributed by atoms with Gasteiger partial charge in [-0.15, -0.1) is 0 Å². The van der Waals surface area contributed by atoms with Crippen molar-refractivity contribution in [1.82, 2.24) is 0 Å². The molecule has 7 rings (SSSR count). The number of aryl methyl sites for hydroxylation is 2. The van der Waals surface area contributed by atoms with Crippen molar-refractivity contribution in [2.24, 2.45) is 0 Å².